The molecule has 0 aromatic heterocycles. The summed E-state index contributed by atoms with van der Waals surface area (Å²) in [6.45, 7) is 5.90. The first-order chi connectivity index (χ1) is 7.22. The van der Waals surface area contributed by atoms with Crippen LogP contribution < -0.4 is 4.74 Å². The maximum Gasteiger partial charge on any atom is 0.126 e. The molecule has 0 aliphatic rings. The highest BCUT2D eigenvalue weighted by Gasteiger charge is 2.05. The van der Waals surface area contributed by atoms with Gasteiger partial charge in [0.2, 0.25) is 0 Å². The molecule has 0 saturated carbocycles. The lowest BCUT2D eigenvalue weighted by atomic mass is 10.0. The third kappa shape index (κ3) is 2.90. The molecule has 2 heteroatoms. The van der Waals surface area contributed by atoms with Crippen LogP contribution in [0.2, 0.25) is 0 Å². The zero-order valence-corrected chi connectivity index (χ0v) is 10.2. The van der Waals surface area contributed by atoms with Gasteiger partial charge in [0.25, 0.3) is 0 Å². The third-order valence-electron chi connectivity index (χ3n) is 2.13. The van der Waals surface area contributed by atoms with Crippen molar-refractivity contribution < 1.29 is 4.74 Å². The van der Waals surface area contributed by atoms with E-state index in [1.54, 1.807) is 18.9 Å². The normalized spacial score (nSPS) is 11.3. The zero-order valence-electron chi connectivity index (χ0n) is 9.41. The van der Waals surface area contributed by atoms with Gasteiger partial charge in [0, 0.05) is 5.56 Å². The molecule has 0 spiro atoms. The minimum Gasteiger partial charge on any atom is -0.496 e. The lowest BCUT2D eigenvalue weighted by Crippen LogP contribution is -1.91. The maximum absolute atomic E-state index is 5.33. The van der Waals surface area contributed by atoms with Gasteiger partial charge in [-0.2, -0.15) is 0 Å². The van der Waals surface area contributed by atoms with Crippen molar-refractivity contribution in [2.75, 3.05) is 13.4 Å². The van der Waals surface area contributed by atoms with E-state index in [1.165, 1.54) is 5.56 Å². The molecule has 0 N–H and O–H groups in total. The molecule has 0 atom stereocenters. The van der Waals surface area contributed by atoms with Gasteiger partial charge in [-0.1, -0.05) is 24.3 Å². The molecule has 1 aromatic carbocycles. The minimum absolute atomic E-state index is 0.890. The highest BCUT2D eigenvalue weighted by Crippen LogP contribution is 2.28. The van der Waals surface area contributed by atoms with Crippen LogP contribution in [0.15, 0.2) is 36.3 Å². The number of rotatable bonds is 4. The Labute approximate surface area is 95.8 Å². The molecule has 0 saturated heterocycles. The lowest BCUT2D eigenvalue weighted by molar-refractivity contribution is 0.413. The molecule has 0 heterocycles. The van der Waals surface area contributed by atoms with E-state index in [0.29, 0.717) is 0 Å². The fraction of sp³-hybridized carbons (Fsp3) is 0.231. The highest BCUT2D eigenvalue weighted by atomic mass is 32.2. The largest absolute Gasteiger partial charge is 0.496 e. The van der Waals surface area contributed by atoms with Crippen molar-refractivity contribution in [3.63, 3.8) is 0 Å². The van der Waals surface area contributed by atoms with E-state index in [9.17, 15) is 0 Å². The number of thioether (sulfide) groups is 1. The third-order valence-corrected chi connectivity index (χ3v) is 2.62. The summed E-state index contributed by atoms with van der Waals surface area (Å²) in [5, 5.41) is 2.07. The number of hydrogen-bond acceptors (Lipinski definition) is 2. The van der Waals surface area contributed by atoms with E-state index in [1.807, 2.05) is 24.5 Å². The summed E-state index contributed by atoms with van der Waals surface area (Å²) >= 11 is 1.67. The Hall–Kier alpha value is -1.15. The monoisotopic (exact) mass is 220 g/mol. The molecule has 1 aromatic rings. The van der Waals surface area contributed by atoms with Crippen molar-refractivity contribution in [2.24, 2.45) is 0 Å². The Bertz CT molecular complexity index is 380. The van der Waals surface area contributed by atoms with Gasteiger partial charge in [0.05, 0.1) is 7.11 Å². The number of benzene rings is 1. The minimum atomic E-state index is 0.890. The van der Waals surface area contributed by atoms with Gasteiger partial charge in [-0.05, 0) is 36.3 Å². The van der Waals surface area contributed by atoms with Crippen LogP contribution in [-0.2, 0) is 0 Å². The second kappa shape index (κ2) is 5.66. The van der Waals surface area contributed by atoms with Crippen molar-refractivity contribution >= 4 is 17.3 Å². The first kappa shape index (κ1) is 11.9. The van der Waals surface area contributed by atoms with Gasteiger partial charge in [-0.3, -0.25) is 0 Å². The van der Waals surface area contributed by atoms with Gasteiger partial charge < -0.3 is 4.74 Å². The van der Waals surface area contributed by atoms with Crippen LogP contribution in [-0.4, -0.2) is 13.4 Å². The van der Waals surface area contributed by atoms with Gasteiger partial charge >= 0.3 is 0 Å². The molecule has 0 unspecified atom stereocenters. The standard InChI is InChI=1S/C13H16OS/c1-5-11(9-15-4)12-8-10(2)6-7-13(12)14-3/h5-9H,1H2,2-4H3/b11-9+. The van der Waals surface area contributed by atoms with Crippen LogP contribution in [0.5, 0.6) is 5.75 Å². The molecule has 1 nitrogen and oxygen atoms in total. The molecule has 0 amide bonds. The highest BCUT2D eigenvalue weighted by molar-refractivity contribution is 8.01. The Kier molecular flexibility index (Phi) is 4.50. The van der Waals surface area contributed by atoms with Crippen LogP contribution in [0.3, 0.4) is 0 Å². The van der Waals surface area contributed by atoms with Crippen molar-refractivity contribution in [1.29, 1.82) is 0 Å². The van der Waals surface area contributed by atoms with Crippen LogP contribution in [0.4, 0.5) is 0 Å². The van der Waals surface area contributed by atoms with Crippen molar-refractivity contribution in [3.05, 3.63) is 47.4 Å². The topological polar surface area (TPSA) is 9.23 Å². The number of ether oxygens (including phenoxy) is 1. The number of allylic oxidation sites excluding steroid dienone is 2. The maximum atomic E-state index is 5.33. The molecule has 0 bridgehead atoms. The Morgan fingerprint density at radius 2 is 2.20 bits per heavy atom. The van der Waals surface area contributed by atoms with Crippen LogP contribution in [0.25, 0.3) is 5.57 Å². The molecule has 80 valence electrons. The van der Waals surface area contributed by atoms with E-state index in [2.05, 4.69) is 25.0 Å². The van der Waals surface area contributed by atoms with E-state index in [-0.39, 0.29) is 0 Å². The smallest absolute Gasteiger partial charge is 0.126 e. The Balaban J connectivity index is 3.26. The average molecular weight is 220 g/mol. The second-order valence-corrected chi connectivity index (χ2v) is 3.92. The van der Waals surface area contributed by atoms with E-state index < -0.39 is 0 Å². The predicted molar refractivity (Wildman–Crippen MR) is 69.4 cm³/mol. The molecule has 0 aliphatic carbocycles. The van der Waals surface area contributed by atoms with Crippen LogP contribution in [0.1, 0.15) is 11.1 Å². The van der Waals surface area contributed by atoms with Crippen molar-refractivity contribution in [3.8, 4) is 5.75 Å². The SMILES string of the molecule is C=C/C(=C\SC)c1cc(C)ccc1OC. The summed E-state index contributed by atoms with van der Waals surface area (Å²) in [4.78, 5) is 0. The van der Waals surface area contributed by atoms with Gasteiger partial charge in [-0.15, -0.1) is 11.8 Å². The van der Waals surface area contributed by atoms with E-state index in [4.69, 9.17) is 4.74 Å². The molecule has 1 rings (SSSR count). The van der Waals surface area contributed by atoms with Gasteiger partial charge in [0.1, 0.15) is 5.75 Å². The summed E-state index contributed by atoms with van der Waals surface area (Å²) in [5.41, 5.74) is 3.42. The molecule has 0 aliphatic heterocycles. The summed E-state index contributed by atoms with van der Waals surface area (Å²) in [5.74, 6) is 0.890. The van der Waals surface area contributed by atoms with E-state index >= 15 is 0 Å². The van der Waals surface area contributed by atoms with Crippen molar-refractivity contribution in [1.82, 2.24) is 0 Å². The quantitative estimate of drug-likeness (QED) is 0.712. The van der Waals surface area contributed by atoms with Gasteiger partial charge in [0.15, 0.2) is 0 Å². The zero-order chi connectivity index (χ0) is 11.3. The summed E-state index contributed by atoms with van der Waals surface area (Å²) in [6.07, 6.45) is 3.89. The lowest BCUT2D eigenvalue weighted by Gasteiger charge is -2.10. The van der Waals surface area contributed by atoms with Crippen molar-refractivity contribution in [2.45, 2.75) is 6.92 Å². The van der Waals surface area contributed by atoms with Gasteiger partial charge in [-0.25, -0.2) is 0 Å². The number of methoxy groups -OCH3 is 1. The molecule has 0 fully saturated rings. The fourth-order valence-corrected chi connectivity index (χ4v) is 1.87. The molecular formula is C13H16OS. The van der Waals surface area contributed by atoms with Crippen LogP contribution >= 0.6 is 11.8 Å². The molecular weight excluding hydrogens is 204 g/mol. The first-order valence-electron chi connectivity index (χ1n) is 4.73. The molecule has 0 radical (unpaired) electrons. The summed E-state index contributed by atoms with van der Waals surface area (Å²) < 4.78 is 5.33. The Morgan fingerprint density at radius 1 is 1.47 bits per heavy atom. The summed E-state index contributed by atoms with van der Waals surface area (Å²) in [6, 6.07) is 6.15. The number of aryl methyl sites for hydroxylation is 1. The van der Waals surface area contributed by atoms with E-state index in [0.717, 1.165) is 16.9 Å². The summed E-state index contributed by atoms with van der Waals surface area (Å²) in [7, 11) is 1.69. The predicted octanol–water partition coefficient (Wildman–Crippen LogP) is 3.89. The Morgan fingerprint density at radius 3 is 2.73 bits per heavy atom. The second-order valence-electron chi connectivity index (χ2n) is 3.22. The average Bonchev–Trinajstić information content (AvgIpc) is 2.26. The fourth-order valence-electron chi connectivity index (χ4n) is 1.40. The number of hydrogen-bond donors (Lipinski definition) is 0. The molecule has 15 heavy (non-hydrogen) atoms. The first-order valence-corrected chi connectivity index (χ1v) is 6.02. The van der Waals surface area contributed by atoms with Crippen LogP contribution in [0, 0.1) is 6.92 Å².